The Bertz CT molecular complexity index is 1200. The van der Waals surface area contributed by atoms with Gasteiger partial charge >= 0.3 is 5.97 Å². The quantitative estimate of drug-likeness (QED) is 0.302. The molecular weight excluding hydrogens is 432 g/mol. The highest BCUT2D eigenvalue weighted by atomic mass is 16.5. The second-order valence-corrected chi connectivity index (χ2v) is 9.27. The van der Waals surface area contributed by atoms with Crippen molar-refractivity contribution in [3.8, 4) is 5.75 Å². The third kappa shape index (κ3) is 3.71. The number of imide groups is 1. The Morgan fingerprint density at radius 3 is 2.44 bits per heavy atom. The zero-order chi connectivity index (χ0) is 24.0. The van der Waals surface area contributed by atoms with E-state index < -0.39 is 11.9 Å². The van der Waals surface area contributed by atoms with Gasteiger partial charge < -0.3 is 9.64 Å². The smallest absolute Gasteiger partial charge is 0.316 e. The van der Waals surface area contributed by atoms with E-state index in [1.807, 2.05) is 50.3 Å². The van der Waals surface area contributed by atoms with Crippen LogP contribution in [0.25, 0.3) is 0 Å². The summed E-state index contributed by atoms with van der Waals surface area (Å²) in [5.74, 6) is -1.83. The van der Waals surface area contributed by atoms with Crippen LogP contribution < -0.4 is 14.5 Å². The van der Waals surface area contributed by atoms with Crippen LogP contribution in [0.1, 0.15) is 25.3 Å². The number of rotatable bonds is 4. The molecule has 2 fully saturated rings. The van der Waals surface area contributed by atoms with Crippen molar-refractivity contribution in [2.24, 2.45) is 23.7 Å². The number of benzene rings is 2. The summed E-state index contributed by atoms with van der Waals surface area (Å²) >= 11 is 0. The molecule has 7 nitrogen and oxygen atoms in total. The number of carbonyl (C=O) groups excluding carboxylic acids is 4. The molecule has 0 bridgehead atoms. The minimum Gasteiger partial charge on any atom is -0.426 e. The molecule has 2 aromatic carbocycles. The lowest BCUT2D eigenvalue weighted by molar-refractivity contribution is -0.139. The van der Waals surface area contributed by atoms with Gasteiger partial charge in [-0.1, -0.05) is 37.3 Å². The number of esters is 1. The molecule has 1 aliphatic carbocycles. The zero-order valence-corrected chi connectivity index (χ0v) is 19.1. The Kier molecular flexibility index (Phi) is 5.55. The molecule has 0 spiro atoms. The Morgan fingerprint density at radius 2 is 1.74 bits per heavy atom. The van der Waals surface area contributed by atoms with Gasteiger partial charge in [-0.05, 0) is 55.2 Å². The summed E-state index contributed by atoms with van der Waals surface area (Å²) in [6.07, 6.45) is 4.63. The molecule has 3 amide bonds. The number of fused-ring (bicyclic) bond motifs is 1. The normalized spacial score (nSPS) is 26.2. The minimum atomic E-state index is -0.564. The van der Waals surface area contributed by atoms with Gasteiger partial charge in [-0.3, -0.25) is 24.1 Å². The number of ether oxygens (including phenoxy) is 1. The van der Waals surface area contributed by atoms with E-state index in [1.54, 1.807) is 29.2 Å². The van der Waals surface area contributed by atoms with E-state index in [4.69, 9.17) is 4.74 Å². The highest BCUT2D eigenvalue weighted by Gasteiger charge is 2.50. The van der Waals surface area contributed by atoms with E-state index in [0.717, 1.165) is 11.3 Å². The van der Waals surface area contributed by atoms with E-state index in [1.165, 1.54) is 4.90 Å². The van der Waals surface area contributed by atoms with Gasteiger partial charge in [0.05, 0.1) is 23.4 Å². The van der Waals surface area contributed by atoms with Gasteiger partial charge in [0, 0.05) is 18.7 Å². The topological polar surface area (TPSA) is 84.0 Å². The van der Waals surface area contributed by atoms with Crippen molar-refractivity contribution >= 4 is 35.1 Å². The largest absolute Gasteiger partial charge is 0.426 e. The maximum absolute atomic E-state index is 12.9. The third-order valence-corrected chi connectivity index (χ3v) is 7.05. The first-order valence-corrected chi connectivity index (χ1v) is 11.6. The zero-order valence-electron chi connectivity index (χ0n) is 19.1. The maximum atomic E-state index is 12.9. The molecular formula is C27H26N2O5. The van der Waals surface area contributed by atoms with Crippen molar-refractivity contribution in [3.63, 3.8) is 0 Å². The molecule has 7 heteroatoms. The first kappa shape index (κ1) is 22.1. The summed E-state index contributed by atoms with van der Waals surface area (Å²) in [7, 11) is 0. The first-order chi connectivity index (χ1) is 16.3. The lowest BCUT2D eigenvalue weighted by Gasteiger charge is -2.22. The number of nitrogens with zero attached hydrogens (tertiary/aromatic N) is 2. The number of anilines is 2. The standard InChI is InChI=1S/C27H26N2O5/c1-16-6-3-4-9-22(16)28-15-18(14-23(28)30)27(33)34-20-12-10-19(11-13-20)29-25(31)21-8-5-7-17(2)24(21)26(29)32/h3-7,9-13,17-18,21,24H,8,14-15H2,1-2H3/t17-,18-,21-,24-/m1/s1. The Hall–Kier alpha value is -3.74. The lowest BCUT2D eigenvalue weighted by atomic mass is 9.78. The van der Waals surface area contributed by atoms with Crippen LogP contribution in [0.15, 0.2) is 60.7 Å². The lowest BCUT2D eigenvalue weighted by Crippen LogP contribution is -2.31. The average molecular weight is 459 g/mol. The molecule has 2 aliphatic heterocycles. The molecule has 4 atom stereocenters. The molecule has 2 heterocycles. The van der Waals surface area contributed by atoms with Crippen molar-refractivity contribution in [3.05, 3.63) is 66.2 Å². The van der Waals surface area contributed by atoms with Crippen LogP contribution in [0.2, 0.25) is 0 Å². The summed E-state index contributed by atoms with van der Waals surface area (Å²) < 4.78 is 5.53. The fourth-order valence-corrected chi connectivity index (χ4v) is 5.23. The van der Waals surface area contributed by atoms with Gasteiger partial charge in [0.1, 0.15) is 5.75 Å². The van der Waals surface area contributed by atoms with Crippen LogP contribution in [0.5, 0.6) is 5.75 Å². The molecule has 3 aliphatic rings. The number of amides is 3. The first-order valence-electron chi connectivity index (χ1n) is 11.6. The molecule has 0 N–H and O–H groups in total. The van der Waals surface area contributed by atoms with Crippen molar-refractivity contribution in [2.75, 3.05) is 16.3 Å². The Balaban J connectivity index is 1.26. The molecule has 174 valence electrons. The fraction of sp³-hybridized carbons (Fsp3) is 0.333. The van der Waals surface area contributed by atoms with Crippen LogP contribution in [0.4, 0.5) is 11.4 Å². The second-order valence-electron chi connectivity index (χ2n) is 9.27. The number of aryl methyl sites for hydroxylation is 1. The van der Waals surface area contributed by atoms with Crippen LogP contribution in [-0.2, 0) is 19.2 Å². The van der Waals surface area contributed by atoms with Gasteiger partial charge in [-0.15, -0.1) is 0 Å². The number of allylic oxidation sites excluding steroid dienone is 2. The third-order valence-electron chi connectivity index (χ3n) is 7.05. The summed E-state index contributed by atoms with van der Waals surface area (Å²) in [6.45, 7) is 4.16. The predicted molar refractivity (Wildman–Crippen MR) is 126 cm³/mol. The van der Waals surface area contributed by atoms with E-state index in [2.05, 4.69) is 0 Å². The van der Waals surface area contributed by atoms with Gasteiger partial charge in [-0.2, -0.15) is 0 Å². The summed E-state index contributed by atoms with van der Waals surface area (Å²) in [5, 5.41) is 0. The van der Waals surface area contributed by atoms with Gasteiger partial charge in [0.2, 0.25) is 17.7 Å². The van der Waals surface area contributed by atoms with E-state index >= 15 is 0 Å². The van der Waals surface area contributed by atoms with Gasteiger partial charge in [0.15, 0.2) is 0 Å². The number of carbonyl (C=O) groups is 4. The average Bonchev–Trinajstić information content (AvgIpc) is 3.33. The van der Waals surface area contributed by atoms with Crippen LogP contribution in [0.3, 0.4) is 0 Å². The van der Waals surface area contributed by atoms with Crippen molar-refractivity contribution in [1.82, 2.24) is 0 Å². The van der Waals surface area contributed by atoms with Crippen molar-refractivity contribution in [1.29, 1.82) is 0 Å². The molecule has 2 saturated heterocycles. The molecule has 2 aromatic rings. The van der Waals surface area contributed by atoms with Crippen LogP contribution in [0, 0.1) is 30.6 Å². The van der Waals surface area contributed by atoms with Crippen LogP contribution in [-0.4, -0.2) is 30.2 Å². The number of hydrogen-bond donors (Lipinski definition) is 0. The van der Waals surface area contributed by atoms with Crippen molar-refractivity contribution in [2.45, 2.75) is 26.7 Å². The van der Waals surface area contributed by atoms with E-state index in [-0.39, 0.29) is 48.4 Å². The minimum absolute atomic E-state index is 0.0220. The molecule has 0 unspecified atom stereocenters. The summed E-state index contributed by atoms with van der Waals surface area (Å²) in [4.78, 5) is 54.0. The Labute approximate surface area is 198 Å². The van der Waals surface area contributed by atoms with Crippen molar-refractivity contribution < 1.29 is 23.9 Å². The molecule has 34 heavy (non-hydrogen) atoms. The SMILES string of the molecule is Cc1ccccc1N1C[C@H](C(=O)Oc2ccc(N3C(=O)[C@@H]4[C@H](C)C=CC[C@H]4C3=O)cc2)CC1=O. The molecule has 5 rings (SSSR count). The van der Waals surface area contributed by atoms with E-state index in [0.29, 0.717) is 17.9 Å². The molecule has 0 saturated carbocycles. The van der Waals surface area contributed by atoms with Crippen LogP contribution >= 0.6 is 0 Å². The number of hydrogen-bond acceptors (Lipinski definition) is 5. The summed E-state index contributed by atoms with van der Waals surface area (Å²) in [6, 6.07) is 14.0. The van der Waals surface area contributed by atoms with E-state index in [9.17, 15) is 19.2 Å². The maximum Gasteiger partial charge on any atom is 0.316 e. The highest BCUT2D eigenvalue weighted by molar-refractivity contribution is 6.22. The fourth-order valence-electron chi connectivity index (χ4n) is 5.23. The Morgan fingerprint density at radius 1 is 1.00 bits per heavy atom. The second kappa shape index (κ2) is 8.56. The summed E-state index contributed by atoms with van der Waals surface area (Å²) in [5.41, 5.74) is 2.24. The number of para-hydroxylation sites is 1. The monoisotopic (exact) mass is 458 g/mol. The van der Waals surface area contributed by atoms with Gasteiger partial charge in [0.25, 0.3) is 0 Å². The molecule has 0 radical (unpaired) electrons. The molecule has 0 aromatic heterocycles. The highest BCUT2D eigenvalue weighted by Crippen LogP contribution is 2.40. The predicted octanol–water partition coefficient (Wildman–Crippen LogP) is 3.66. The van der Waals surface area contributed by atoms with Gasteiger partial charge in [-0.25, -0.2) is 0 Å².